The summed E-state index contributed by atoms with van der Waals surface area (Å²) in [5, 5.41) is 0. The number of carbonyl (C=O) groups excluding carboxylic acids is 1. The largest absolute Gasteiger partial charge is 0.300 e. The highest BCUT2D eigenvalue weighted by atomic mass is 16.1. The first-order chi connectivity index (χ1) is 5.74. The van der Waals surface area contributed by atoms with Gasteiger partial charge in [-0.05, 0) is 32.9 Å². The quantitative estimate of drug-likeness (QED) is 0.642. The molecule has 0 saturated carbocycles. The van der Waals surface area contributed by atoms with Crippen LogP contribution in [0.25, 0.3) is 0 Å². The van der Waals surface area contributed by atoms with E-state index < -0.39 is 0 Å². The first-order valence-corrected chi connectivity index (χ1v) is 4.97. The Morgan fingerprint density at radius 2 is 2.25 bits per heavy atom. The predicted molar refractivity (Wildman–Crippen MR) is 50.2 cm³/mol. The van der Waals surface area contributed by atoms with Crippen molar-refractivity contribution >= 4 is 5.78 Å². The van der Waals surface area contributed by atoms with E-state index >= 15 is 0 Å². The van der Waals surface area contributed by atoms with Gasteiger partial charge in [-0.2, -0.15) is 0 Å². The summed E-state index contributed by atoms with van der Waals surface area (Å²) in [5.74, 6) is 0.334. The SMILES string of the molecule is CCN1CCCCC1CC(C)=O. The lowest BCUT2D eigenvalue weighted by Crippen LogP contribution is -2.40. The molecule has 0 aliphatic carbocycles. The monoisotopic (exact) mass is 169 g/mol. The third-order valence-corrected chi connectivity index (χ3v) is 2.68. The van der Waals surface area contributed by atoms with Crippen LogP contribution in [-0.4, -0.2) is 29.8 Å². The van der Waals surface area contributed by atoms with Crippen molar-refractivity contribution in [3.05, 3.63) is 0 Å². The zero-order valence-corrected chi connectivity index (χ0v) is 8.18. The van der Waals surface area contributed by atoms with Crippen molar-refractivity contribution in [1.29, 1.82) is 0 Å². The summed E-state index contributed by atoms with van der Waals surface area (Å²) in [6, 6.07) is 0.543. The van der Waals surface area contributed by atoms with E-state index in [2.05, 4.69) is 11.8 Å². The Hall–Kier alpha value is -0.370. The number of Topliss-reactive ketones (excluding diaryl/α,β-unsaturated/α-hetero) is 1. The second-order valence-corrected chi connectivity index (χ2v) is 3.68. The molecule has 0 amide bonds. The second kappa shape index (κ2) is 4.61. The summed E-state index contributed by atoms with van der Waals surface area (Å²) < 4.78 is 0. The van der Waals surface area contributed by atoms with Gasteiger partial charge in [0.1, 0.15) is 5.78 Å². The smallest absolute Gasteiger partial charge is 0.131 e. The highest BCUT2D eigenvalue weighted by molar-refractivity contribution is 5.76. The van der Waals surface area contributed by atoms with Crippen LogP contribution in [0.3, 0.4) is 0 Å². The number of hydrogen-bond donors (Lipinski definition) is 0. The van der Waals surface area contributed by atoms with E-state index in [4.69, 9.17) is 0 Å². The number of nitrogens with zero attached hydrogens (tertiary/aromatic N) is 1. The maximum Gasteiger partial charge on any atom is 0.131 e. The number of likely N-dealkylation sites (tertiary alicyclic amines) is 1. The first kappa shape index (κ1) is 9.72. The Kier molecular flexibility index (Phi) is 3.73. The number of hydrogen-bond acceptors (Lipinski definition) is 2. The normalized spacial score (nSPS) is 25.7. The Bertz CT molecular complexity index is 156. The van der Waals surface area contributed by atoms with Gasteiger partial charge < -0.3 is 4.90 Å². The molecule has 1 unspecified atom stereocenters. The van der Waals surface area contributed by atoms with Gasteiger partial charge in [-0.3, -0.25) is 4.79 Å². The van der Waals surface area contributed by atoms with Crippen molar-refractivity contribution in [1.82, 2.24) is 4.90 Å². The van der Waals surface area contributed by atoms with E-state index in [0.717, 1.165) is 13.0 Å². The van der Waals surface area contributed by atoms with Crippen LogP contribution in [0.1, 0.15) is 39.5 Å². The lowest BCUT2D eigenvalue weighted by molar-refractivity contribution is -0.118. The summed E-state index contributed by atoms with van der Waals surface area (Å²) >= 11 is 0. The Morgan fingerprint density at radius 1 is 1.50 bits per heavy atom. The zero-order chi connectivity index (χ0) is 8.97. The highest BCUT2D eigenvalue weighted by Gasteiger charge is 2.21. The number of carbonyl (C=O) groups is 1. The number of ketones is 1. The number of piperidine rings is 1. The fourth-order valence-electron chi connectivity index (χ4n) is 2.04. The molecule has 1 heterocycles. The summed E-state index contributed by atoms with van der Waals surface area (Å²) in [4.78, 5) is 13.4. The molecular weight excluding hydrogens is 150 g/mol. The van der Waals surface area contributed by atoms with Crippen LogP contribution in [0.5, 0.6) is 0 Å². The molecule has 1 aliphatic heterocycles. The minimum atomic E-state index is 0.334. The van der Waals surface area contributed by atoms with Crippen LogP contribution >= 0.6 is 0 Å². The highest BCUT2D eigenvalue weighted by Crippen LogP contribution is 2.19. The van der Waals surface area contributed by atoms with Crippen LogP contribution in [-0.2, 0) is 4.79 Å². The van der Waals surface area contributed by atoms with E-state index in [1.807, 2.05) is 0 Å². The van der Waals surface area contributed by atoms with Crippen LogP contribution in [0.2, 0.25) is 0 Å². The van der Waals surface area contributed by atoms with Gasteiger partial charge in [0.05, 0.1) is 0 Å². The molecule has 0 radical (unpaired) electrons. The molecular formula is C10H19NO. The van der Waals surface area contributed by atoms with Gasteiger partial charge in [0.15, 0.2) is 0 Å². The van der Waals surface area contributed by atoms with Crippen molar-refractivity contribution in [2.45, 2.75) is 45.6 Å². The average Bonchev–Trinajstić information content (AvgIpc) is 2.04. The molecule has 1 fully saturated rings. The molecule has 0 aromatic carbocycles. The zero-order valence-electron chi connectivity index (χ0n) is 8.18. The van der Waals surface area contributed by atoms with Crippen LogP contribution < -0.4 is 0 Å². The first-order valence-electron chi connectivity index (χ1n) is 4.97. The van der Waals surface area contributed by atoms with Crippen molar-refractivity contribution < 1.29 is 4.79 Å². The summed E-state index contributed by atoms with van der Waals surface area (Å²) in [6.45, 7) is 6.16. The van der Waals surface area contributed by atoms with Crippen LogP contribution in [0.4, 0.5) is 0 Å². The summed E-state index contributed by atoms with van der Waals surface area (Å²) in [5.41, 5.74) is 0. The molecule has 70 valence electrons. The summed E-state index contributed by atoms with van der Waals surface area (Å²) in [6.07, 6.45) is 4.58. The Balaban J connectivity index is 2.41. The van der Waals surface area contributed by atoms with Crippen molar-refractivity contribution in [2.75, 3.05) is 13.1 Å². The van der Waals surface area contributed by atoms with Gasteiger partial charge in [0.2, 0.25) is 0 Å². The second-order valence-electron chi connectivity index (χ2n) is 3.68. The van der Waals surface area contributed by atoms with E-state index in [1.54, 1.807) is 6.92 Å². The average molecular weight is 169 g/mol. The number of rotatable bonds is 3. The van der Waals surface area contributed by atoms with Gasteiger partial charge >= 0.3 is 0 Å². The lowest BCUT2D eigenvalue weighted by atomic mass is 9.98. The fraction of sp³-hybridized carbons (Fsp3) is 0.900. The predicted octanol–water partition coefficient (Wildman–Crippen LogP) is 1.84. The van der Waals surface area contributed by atoms with Crippen molar-refractivity contribution in [3.63, 3.8) is 0 Å². The van der Waals surface area contributed by atoms with E-state index in [0.29, 0.717) is 11.8 Å². The molecule has 1 rings (SSSR count). The molecule has 12 heavy (non-hydrogen) atoms. The van der Waals surface area contributed by atoms with Crippen molar-refractivity contribution in [2.24, 2.45) is 0 Å². The Labute approximate surface area is 74.9 Å². The third kappa shape index (κ3) is 2.59. The molecule has 2 nitrogen and oxygen atoms in total. The Morgan fingerprint density at radius 3 is 2.83 bits per heavy atom. The fourth-order valence-corrected chi connectivity index (χ4v) is 2.04. The van der Waals surface area contributed by atoms with Gasteiger partial charge in [-0.1, -0.05) is 13.3 Å². The molecule has 0 bridgehead atoms. The minimum Gasteiger partial charge on any atom is -0.300 e. The maximum atomic E-state index is 10.9. The molecule has 0 spiro atoms. The van der Waals surface area contributed by atoms with Crippen molar-refractivity contribution in [3.8, 4) is 0 Å². The minimum absolute atomic E-state index is 0.334. The molecule has 2 heteroatoms. The molecule has 1 aliphatic rings. The van der Waals surface area contributed by atoms with E-state index in [9.17, 15) is 4.79 Å². The standard InChI is InChI=1S/C10H19NO/c1-3-11-7-5-4-6-10(11)8-9(2)12/h10H,3-8H2,1-2H3. The molecule has 0 N–H and O–H groups in total. The summed E-state index contributed by atoms with van der Waals surface area (Å²) in [7, 11) is 0. The van der Waals surface area contributed by atoms with Gasteiger partial charge in [0.25, 0.3) is 0 Å². The lowest BCUT2D eigenvalue weighted by Gasteiger charge is -2.34. The van der Waals surface area contributed by atoms with Gasteiger partial charge in [0, 0.05) is 12.5 Å². The van der Waals surface area contributed by atoms with E-state index in [1.165, 1.54) is 25.8 Å². The molecule has 0 aromatic heterocycles. The molecule has 1 atom stereocenters. The topological polar surface area (TPSA) is 20.3 Å². The van der Waals surface area contributed by atoms with Crippen LogP contribution in [0, 0.1) is 0 Å². The third-order valence-electron chi connectivity index (χ3n) is 2.68. The van der Waals surface area contributed by atoms with E-state index in [-0.39, 0.29) is 0 Å². The van der Waals surface area contributed by atoms with Gasteiger partial charge in [-0.15, -0.1) is 0 Å². The molecule has 1 saturated heterocycles. The maximum absolute atomic E-state index is 10.9. The molecule has 0 aromatic rings. The van der Waals surface area contributed by atoms with Gasteiger partial charge in [-0.25, -0.2) is 0 Å². The van der Waals surface area contributed by atoms with Crippen LogP contribution in [0.15, 0.2) is 0 Å².